The van der Waals surface area contributed by atoms with E-state index in [1.807, 2.05) is 42.1 Å². The maximum atomic E-state index is 11.8. The fourth-order valence-electron chi connectivity index (χ4n) is 3.17. The zero-order valence-corrected chi connectivity index (χ0v) is 18.5. The lowest BCUT2D eigenvalue weighted by Crippen LogP contribution is -2.28. The van der Waals surface area contributed by atoms with Gasteiger partial charge in [-0.1, -0.05) is 12.1 Å². The first-order valence-electron chi connectivity index (χ1n) is 10.6. The van der Waals surface area contributed by atoms with Crippen molar-refractivity contribution in [3.8, 4) is 17.0 Å². The van der Waals surface area contributed by atoms with E-state index >= 15 is 0 Å². The predicted molar refractivity (Wildman–Crippen MR) is 124 cm³/mol. The second kappa shape index (κ2) is 10.5. The third-order valence-corrected chi connectivity index (χ3v) is 4.71. The largest absolute Gasteiger partial charge is 0.491 e. The average Bonchev–Trinajstić information content (AvgIpc) is 3.28. The number of benzene rings is 1. The number of anilines is 1. The molecule has 1 aromatic carbocycles. The van der Waals surface area contributed by atoms with Crippen LogP contribution in [-0.4, -0.2) is 57.6 Å². The zero-order chi connectivity index (χ0) is 23.0. The van der Waals surface area contributed by atoms with Gasteiger partial charge in [0.2, 0.25) is 0 Å². The van der Waals surface area contributed by atoms with E-state index in [4.69, 9.17) is 9.47 Å². The summed E-state index contributed by atoms with van der Waals surface area (Å²) in [6, 6.07) is 11.0. The maximum absolute atomic E-state index is 11.8. The highest BCUT2D eigenvalue weighted by molar-refractivity contribution is 5.89. The number of fused-ring (bicyclic) bond motifs is 1. The Labute approximate surface area is 191 Å². The van der Waals surface area contributed by atoms with Crippen LogP contribution in [0.5, 0.6) is 5.75 Å². The molecule has 0 radical (unpaired) electrons. The van der Waals surface area contributed by atoms with Gasteiger partial charge < -0.3 is 14.8 Å². The molecule has 4 aromatic rings. The van der Waals surface area contributed by atoms with Gasteiger partial charge in [0, 0.05) is 25.4 Å². The normalized spacial score (nSPS) is 10.8. The summed E-state index contributed by atoms with van der Waals surface area (Å²) in [6.07, 6.45) is 5.34. The number of pyridine rings is 1. The summed E-state index contributed by atoms with van der Waals surface area (Å²) >= 11 is 0. The standard InChI is InChI=1S/C23H25N7O3/c1-3-24-23(31)29-21-8-7-19-22(28-21)27-20(13-25-19)17-12-26-30(15-17)14-16-5-4-6-18(11-16)33-10-9-32-2/h4-8,11-13,15H,3,9-10,14H2,1-2H3,(H2,24,27,28,29,31). The van der Waals surface area contributed by atoms with Crippen LogP contribution < -0.4 is 15.4 Å². The quantitative estimate of drug-likeness (QED) is 0.379. The van der Waals surface area contributed by atoms with Crippen molar-refractivity contribution in [3.05, 3.63) is 60.6 Å². The molecule has 0 aliphatic carbocycles. The number of aromatic nitrogens is 5. The Morgan fingerprint density at radius 2 is 2.03 bits per heavy atom. The van der Waals surface area contributed by atoms with Crippen LogP contribution in [0.3, 0.4) is 0 Å². The summed E-state index contributed by atoms with van der Waals surface area (Å²) < 4.78 is 12.5. The van der Waals surface area contributed by atoms with Crippen molar-refractivity contribution < 1.29 is 14.3 Å². The third-order valence-electron chi connectivity index (χ3n) is 4.71. The average molecular weight is 447 g/mol. The number of methoxy groups -OCH3 is 1. The van der Waals surface area contributed by atoms with E-state index in [1.165, 1.54) is 0 Å². The lowest BCUT2D eigenvalue weighted by atomic mass is 10.2. The number of carbonyl (C=O) groups excluding carboxylic acids is 1. The molecule has 0 bridgehead atoms. The maximum Gasteiger partial charge on any atom is 0.320 e. The summed E-state index contributed by atoms with van der Waals surface area (Å²) in [4.78, 5) is 25.2. The fraction of sp³-hybridized carbons (Fsp3) is 0.261. The number of hydrogen-bond acceptors (Lipinski definition) is 7. The fourth-order valence-corrected chi connectivity index (χ4v) is 3.17. The van der Waals surface area contributed by atoms with Crippen LogP contribution in [0.1, 0.15) is 12.5 Å². The smallest absolute Gasteiger partial charge is 0.320 e. The molecule has 0 saturated carbocycles. The lowest BCUT2D eigenvalue weighted by molar-refractivity contribution is 0.146. The minimum atomic E-state index is -0.317. The van der Waals surface area contributed by atoms with E-state index in [0.717, 1.165) is 16.9 Å². The summed E-state index contributed by atoms with van der Waals surface area (Å²) in [6.45, 7) is 4.00. The van der Waals surface area contributed by atoms with E-state index in [1.54, 1.807) is 31.6 Å². The molecule has 3 aromatic heterocycles. The summed E-state index contributed by atoms with van der Waals surface area (Å²) in [7, 11) is 1.65. The molecule has 0 aliphatic heterocycles. The summed E-state index contributed by atoms with van der Waals surface area (Å²) in [5, 5.41) is 9.80. The first kappa shape index (κ1) is 22.2. The zero-order valence-electron chi connectivity index (χ0n) is 18.5. The van der Waals surface area contributed by atoms with E-state index in [9.17, 15) is 4.79 Å². The number of ether oxygens (including phenoxy) is 2. The van der Waals surface area contributed by atoms with Crippen molar-refractivity contribution in [2.75, 3.05) is 32.2 Å². The molecule has 0 unspecified atom stereocenters. The van der Waals surface area contributed by atoms with E-state index < -0.39 is 0 Å². The Morgan fingerprint density at radius 3 is 2.88 bits per heavy atom. The number of urea groups is 1. The molecule has 2 amide bonds. The molecule has 170 valence electrons. The highest BCUT2D eigenvalue weighted by atomic mass is 16.5. The number of amides is 2. The van der Waals surface area contributed by atoms with Crippen LogP contribution in [0.25, 0.3) is 22.4 Å². The number of carbonyl (C=O) groups is 1. The molecule has 0 saturated heterocycles. The first-order chi connectivity index (χ1) is 16.1. The van der Waals surface area contributed by atoms with Gasteiger partial charge in [-0.05, 0) is 36.8 Å². The molecular weight excluding hydrogens is 422 g/mol. The molecule has 0 atom stereocenters. The molecule has 0 spiro atoms. The topological polar surface area (TPSA) is 116 Å². The molecular formula is C23H25N7O3. The number of nitrogens with one attached hydrogen (secondary N) is 2. The van der Waals surface area contributed by atoms with Gasteiger partial charge in [-0.2, -0.15) is 5.10 Å². The van der Waals surface area contributed by atoms with Gasteiger partial charge >= 0.3 is 6.03 Å². The van der Waals surface area contributed by atoms with Crippen molar-refractivity contribution in [1.29, 1.82) is 0 Å². The van der Waals surface area contributed by atoms with Gasteiger partial charge in [0.05, 0.1) is 31.2 Å². The van der Waals surface area contributed by atoms with Crippen LogP contribution in [0.4, 0.5) is 10.6 Å². The minimum absolute atomic E-state index is 0.317. The molecule has 4 rings (SSSR count). The number of nitrogens with zero attached hydrogens (tertiary/aromatic N) is 5. The van der Waals surface area contributed by atoms with Gasteiger partial charge in [-0.3, -0.25) is 15.0 Å². The molecule has 2 N–H and O–H groups in total. The summed E-state index contributed by atoms with van der Waals surface area (Å²) in [5.74, 6) is 1.20. The number of rotatable bonds is 9. The second-order valence-electron chi connectivity index (χ2n) is 7.19. The molecule has 0 aliphatic rings. The molecule has 0 fully saturated rings. The van der Waals surface area contributed by atoms with Crippen molar-refractivity contribution in [2.24, 2.45) is 0 Å². The lowest BCUT2D eigenvalue weighted by Gasteiger charge is -2.08. The van der Waals surface area contributed by atoms with Crippen LogP contribution in [0.15, 0.2) is 55.0 Å². The first-order valence-corrected chi connectivity index (χ1v) is 10.6. The van der Waals surface area contributed by atoms with Gasteiger partial charge in [0.15, 0.2) is 5.65 Å². The molecule has 10 heteroatoms. The van der Waals surface area contributed by atoms with Gasteiger partial charge in [0.25, 0.3) is 0 Å². The van der Waals surface area contributed by atoms with Crippen LogP contribution in [0, 0.1) is 0 Å². The van der Waals surface area contributed by atoms with Gasteiger partial charge in [-0.25, -0.2) is 14.8 Å². The van der Waals surface area contributed by atoms with Crippen LogP contribution in [-0.2, 0) is 11.3 Å². The Bertz CT molecular complexity index is 1240. The highest BCUT2D eigenvalue weighted by Gasteiger charge is 2.09. The SMILES string of the molecule is CCNC(=O)Nc1ccc2ncc(-c3cnn(Cc4cccc(OCCOC)c4)c3)nc2n1. The minimum Gasteiger partial charge on any atom is -0.491 e. The Kier molecular flexibility index (Phi) is 7.06. The van der Waals surface area contributed by atoms with Crippen molar-refractivity contribution in [3.63, 3.8) is 0 Å². The monoisotopic (exact) mass is 447 g/mol. The third kappa shape index (κ3) is 5.80. The Morgan fingerprint density at radius 1 is 1.12 bits per heavy atom. The predicted octanol–water partition coefficient (Wildman–Crippen LogP) is 3.10. The van der Waals surface area contributed by atoms with Gasteiger partial charge in [-0.15, -0.1) is 0 Å². The van der Waals surface area contributed by atoms with Crippen molar-refractivity contribution in [1.82, 2.24) is 30.0 Å². The number of hydrogen-bond donors (Lipinski definition) is 2. The molecule has 3 heterocycles. The molecule has 10 nitrogen and oxygen atoms in total. The van der Waals surface area contributed by atoms with E-state index in [0.29, 0.717) is 49.0 Å². The Balaban J connectivity index is 1.49. The van der Waals surface area contributed by atoms with Crippen molar-refractivity contribution in [2.45, 2.75) is 13.5 Å². The van der Waals surface area contributed by atoms with E-state index in [-0.39, 0.29) is 6.03 Å². The second-order valence-corrected chi connectivity index (χ2v) is 7.19. The highest BCUT2D eigenvalue weighted by Crippen LogP contribution is 2.20. The molecule has 33 heavy (non-hydrogen) atoms. The van der Waals surface area contributed by atoms with E-state index in [2.05, 4.69) is 30.7 Å². The van der Waals surface area contributed by atoms with Gasteiger partial charge in [0.1, 0.15) is 23.7 Å². The summed E-state index contributed by atoms with van der Waals surface area (Å²) in [5.41, 5.74) is 3.61. The van der Waals surface area contributed by atoms with Crippen molar-refractivity contribution >= 4 is 23.0 Å². The van der Waals surface area contributed by atoms with Crippen LogP contribution >= 0.6 is 0 Å². The Hall–Kier alpha value is -4.05. The van der Waals surface area contributed by atoms with Crippen LogP contribution in [0.2, 0.25) is 0 Å².